The van der Waals surface area contributed by atoms with Crippen molar-refractivity contribution in [3.8, 4) is 0 Å². The first-order chi connectivity index (χ1) is 9.58. The molecule has 0 atom stereocenters. The standard InChI is InChI=1S/C12H15F2N3O3/c13-9(14)6-20-4-2-10-16-8-1-3-15-5-7(8)11(17-10)12(18)19/h9,15H,1-6H2,(H,18,19). The zero-order chi connectivity index (χ0) is 14.5. The molecule has 0 spiro atoms. The summed E-state index contributed by atoms with van der Waals surface area (Å²) in [6.07, 6.45) is -1.67. The Labute approximate surface area is 114 Å². The summed E-state index contributed by atoms with van der Waals surface area (Å²) in [5, 5.41) is 12.2. The molecule has 110 valence electrons. The summed E-state index contributed by atoms with van der Waals surface area (Å²) in [7, 11) is 0. The molecule has 0 radical (unpaired) electrons. The minimum atomic E-state index is -2.51. The first-order valence-corrected chi connectivity index (χ1v) is 6.26. The number of nitrogens with zero attached hydrogens (tertiary/aromatic N) is 2. The average molecular weight is 287 g/mol. The summed E-state index contributed by atoms with van der Waals surface area (Å²) in [4.78, 5) is 19.5. The van der Waals surface area contributed by atoms with Crippen molar-refractivity contribution >= 4 is 5.97 Å². The number of halogens is 2. The van der Waals surface area contributed by atoms with Gasteiger partial charge in [0.2, 0.25) is 0 Å². The zero-order valence-electron chi connectivity index (χ0n) is 10.7. The van der Waals surface area contributed by atoms with Crippen molar-refractivity contribution in [3.05, 3.63) is 22.8 Å². The van der Waals surface area contributed by atoms with E-state index < -0.39 is 19.0 Å². The molecule has 0 bridgehead atoms. The van der Waals surface area contributed by atoms with E-state index in [1.54, 1.807) is 0 Å². The Morgan fingerprint density at radius 2 is 2.25 bits per heavy atom. The fourth-order valence-electron chi connectivity index (χ4n) is 2.02. The highest BCUT2D eigenvalue weighted by molar-refractivity contribution is 5.87. The fraction of sp³-hybridized carbons (Fsp3) is 0.583. The lowest BCUT2D eigenvalue weighted by atomic mass is 10.1. The number of carbonyl (C=O) groups is 1. The normalized spacial score (nSPS) is 14.3. The van der Waals surface area contributed by atoms with Crippen LogP contribution in [0.5, 0.6) is 0 Å². The Balaban J connectivity index is 2.09. The lowest BCUT2D eigenvalue weighted by molar-refractivity contribution is 0.0182. The van der Waals surface area contributed by atoms with E-state index in [-0.39, 0.29) is 18.7 Å². The summed E-state index contributed by atoms with van der Waals surface area (Å²) in [6, 6.07) is 0. The third-order valence-corrected chi connectivity index (χ3v) is 2.90. The van der Waals surface area contributed by atoms with Crippen molar-refractivity contribution in [2.45, 2.75) is 25.8 Å². The fourth-order valence-corrected chi connectivity index (χ4v) is 2.02. The molecule has 8 heteroatoms. The molecule has 0 fully saturated rings. The number of aromatic nitrogens is 2. The van der Waals surface area contributed by atoms with Crippen molar-refractivity contribution in [2.75, 3.05) is 19.8 Å². The van der Waals surface area contributed by atoms with Crippen molar-refractivity contribution in [1.29, 1.82) is 0 Å². The number of carboxylic acids is 1. The quantitative estimate of drug-likeness (QED) is 0.747. The highest BCUT2D eigenvalue weighted by atomic mass is 19.3. The molecule has 2 rings (SSSR count). The molecule has 2 heterocycles. The molecular formula is C12H15F2N3O3. The molecule has 0 saturated heterocycles. The summed E-state index contributed by atoms with van der Waals surface area (Å²) < 4.78 is 28.6. The minimum absolute atomic E-state index is 0.0222. The predicted octanol–water partition coefficient (Wildman–Crippen LogP) is 0.645. The van der Waals surface area contributed by atoms with Gasteiger partial charge in [0, 0.05) is 31.5 Å². The number of nitrogens with one attached hydrogen (secondary N) is 1. The smallest absolute Gasteiger partial charge is 0.354 e. The van der Waals surface area contributed by atoms with Crippen LogP contribution in [0.25, 0.3) is 0 Å². The van der Waals surface area contributed by atoms with E-state index in [4.69, 9.17) is 9.84 Å². The number of carboxylic acid groups (broad SMARTS) is 1. The van der Waals surface area contributed by atoms with Crippen LogP contribution in [-0.4, -0.2) is 47.2 Å². The van der Waals surface area contributed by atoms with Crippen LogP contribution >= 0.6 is 0 Å². The lowest BCUT2D eigenvalue weighted by Gasteiger charge is -2.18. The molecule has 1 aliphatic heterocycles. The van der Waals surface area contributed by atoms with Gasteiger partial charge in [0.15, 0.2) is 5.69 Å². The third kappa shape index (κ3) is 3.67. The number of hydrogen-bond donors (Lipinski definition) is 2. The van der Waals surface area contributed by atoms with Crippen LogP contribution in [0.15, 0.2) is 0 Å². The van der Waals surface area contributed by atoms with E-state index in [2.05, 4.69) is 15.3 Å². The van der Waals surface area contributed by atoms with Crippen molar-refractivity contribution in [3.63, 3.8) is 0 Å². The summed E-state index contributed by atoms with van der Waals surface area (Å²) in [6.45, 7) is 0.560. The van der Waals surface area contributed by atoms with Crippen LogP contribution in [0.4, 0.5) is 8.78 Å². The largest absolute Gasteiger partial charge is 0.476 e. The second kappa shape index (κ2) is 6.67. The van der Waals surface area contributed by atoms with E-state index in [0.717, 1.165) is 6.54 Å². The maximum Gasteiger partial charge on any atom is 0.354 e. The molecule has 0 aliphatic carbocycles. The van der Waals surface area contributed by atoms with Gasteiger partial charge in [0.25, 0.3) is 6.43 Å². The second-order valence-corrected chi connectivity index (χ2v) is 4.36. The summed E-state index contributed by atoms with van der Waals surface area (Å²) in [5.41, 5.74) is 1.28. The van der Waals surface area contributed by atoms with Gasteiger partial charge in [0.05, 0.1) is 12.3 Å². The first kappa shape index (κ1) is 14.7. The van der Waals surface area contributed by atoms with Gasteiger partial charge in [-0.1, -0.05) is 0 Å². The Bertz CT molecular complexity index is 497. The highest BCUT2D eigenvalue weighted by Gasteiger charge is 2.21. The molecule has 2 N–H and O–H groups in total. The highest BCUT2D eigenvalue weighted by Crippen LogP contribution is 2.16. The lowest BCUT2D eigenvalue weighted by Crippen LogP contribution is -2.28. The second-order valence-electron chi connectivity index (χ2n) is 4.36. The molecule has 6 nitrogen and oxygen atoms in total. The molecule has 1 aromatic heterocycles. The number of fused-ring (bicyclic) bond motifs is 1. The SMILES string of the molecule is O=C(O)c1nc(CCOCC(F)F)nc2c1CNCC2. The molecule has 20 heavy (non-hydrogen) atoms. The van der Waals surface area contributed by atoms with Crippen LogP contribution in [0.3, 0.4) is 0 Å². The van der Waals surface area contributed by atoms with Crippen LogP contribution in [0, 0.1) is 0 Å². The maximum atomic E-state index is 11.9. The van der Waals surface area contributed by atoms with Gasteiger partial charge in [-0.05, 0) is 0 Å². The van der Waals surface area contributed by atoms with Crippen molar-refractivity contribution in [2.24, 2.45) is 0 Å². The average Bonchev–Trinajstić information content (AvgIpc) is 2.42. The van der Waals surface area contributed by atoms with E-state index in [1.165, 1.54) is 0 Å². The van der Waals surface area contributed by atoms with Gasteiger partial charge in [0.1, 0.15) is 12.4 Å². The number of alkyl halides is 2. The van der Waals surface area contributed by atoms with Crippen LogP contribution in [0.1, 0.15) is 27.6 Å². The van der Waals surface area contributed by atoms with Gasteiger partial charge in [-0.15, -0.1) is 0 Å². The van der Waals surface area contributed by atoms with Gasteiger partial charge < -0.3 is 15.2 Å². The molecular weight excluding hydrogens is 272 g/mol. The Hall–Kier alpha value is -1.67. The topological polar surface area (TPSA) is 84.3 Å². The Kier molecular flexibility index (Phi) is 4.91. The third-order valence-electron chi connectivity index (χ3n) is 2.90. The molecule has 1 aliphatic rings. The number of rotatable bonds is 6. The van der Waals surface area contributed by atoms with Gasteiger partial charge in [-0.25, -0.2) is 23.5 Å². The summed E-state index contributed by atoms with van der Waals surface area (Å²) in [5.74, 6) is -0.792. The molecule has 0 aromatic carbocycles. The molecule has 0 amide bonds. The van der Waals surface area contributed by atoms with Gasteiger partial charge >= 0.3 is 5.97 Å². The van der Waals surface area contributed by atoms with E-state index >= 15 is 0 Å². The van der Waals surface area contributed by atoms with Crippen LogP contribution < -0.4 is 5.32 Å². The van der Waals surface area contributed by atoms with Crippen molar-refractivity contribution in [1.82, 2.24) is 15.3 Å². The van der Waals surface area contributed by atoms with Crippen LogP contribution in [-0.2, 0) is 24.1 Å². The van der Waals surface area contributed by atoms with E-state index in [1.807, 2.05) is 0 Å². The van der Waals surface area contributed by atoms with E-state index in [9.17, 15) is 13.6 Å². The summed E-state index contributed by atoms with van der Waals surface area (Å²) >= 11 is 0. The molecule has 0 unspecified atom stereocenters. The zero-order valence-corrected chi connectivity index (χ0v) is 10.7. The minimum Gasteiger partial charge on any atom is -0.476 e. The molecule has 0 saturated carbocycles. The van der Waals surface area contributed by atoms with Crippen molar-refractivity contribution < 1.29 is 23.4 Å². The number of hydrogen-bond acceptors (Lipinski definition) is 5. The predicted molar refractivity (Wildman–Crippen MR) is 64.9 cm³/mol. The number of ether oxygens (including phenoxy) is 1. The Morgan fingerprint density at radius 1 is 1.45 bits per heavy atom. The molecule has 1 aromatic rings. The van der Waals surface area contributed by atoms with Crippen LogP contribution in [0.2, 0.25) is 0 Å². The Morgan fingerprint density at radius 3 is 2.95 bits per heavy atom. The number of aromatic carboxylic acids is 1. The maximum absolute atomic E-state index is 11.9. The van der Waals surface area contributed by atoms with E-state index in [0.29, 0.717) is 30.0 Å². The van der Waals surface area contributed by atoms with Gasteiger partial charge in [-0.2, -0.15) is 0 Å². The monoisotopic (exact) mass is 287 g/mol. The van der Waals surface area contributed by atoms with Gasteiger partial charge in [-0.3, -0.25) is 0 Å². The first-order valence-electron chi connectivity index (χ1n) is 6.26.